The summed E-state index contributed by atoms with van der Waals surface area (Å²) in [4.78, 5) is 6.91. The van der Waals surface area contributed by atoms with Crippen molar-refractivity contribution in [2.75, 3.05) is 0 Å². The van der Waals surface area contributed by atoms with Crippen LogP contribution < -0.4 is 0 Å². The third kappa shape index (κ3) is 1.46. The van der Waals surface area contributed by atoms with Gasteiger partial charge in [-0.15, -0.1) is 0 Å². The van der Waals surface area contributed by atoms with Gasteiger partial charge in [0.25, 0.3) is 0 Å². The molecule has 0 spiro atoms. The summed E-state index contributed by atoms with van der Waals surface area (Å²) in [5, 5.41) is 9.01. The highest BCUT2D eigenvalue weighted by atomic mass is 19.1. The number of hydrogen-bond acceptors (Lipinski definition) is 2. The minimum atomic E-state index is -0.622. The Balaban J connectivity index is 2.71. The van der Waals surface area contributed by atoms with Crippen molar-refractivity contribution in [1.29, 1.82) is 5.26 Å². The van der Waals surface area contributed by atoms with E-state index in [0.29, 0.717) is 11.0 Å². The Labute approximate surface area is 86.6 Å². The van der Waals surface area contributed by atoms with Crippen molar-refractivity contribution in [2.24, 2.45) is 0 Å². The molecular weight excluding hydrogens is 193 g/mol. The number of aromatic nitrogens is 2. The highest BCUT2D eigenvalue weighted by Gasteiger charge is 2.24. The summed E-state index contributed by atoms with van der Waals surface area (Å²) in [6, 6.07) is 3.57. The average molecular weight is 203 g/mol. The van der Waals surface area contributed by atoms with Crippen molar-refractivity contribution in [2.45, 2.75) is 19.3 Å². The maximum Gasteiger partial charge on any atom is 0.143 e. The Kier molecular flexibility index (Phi) is 1.97. The van der Waals surface area contributed by atoms with E-state index in [9.17, 15) is 4.39 Å². The van der Waals surface area contributed by atoms with Crippen molar-refractivity contribution in [3.63, 3.8) is 0 Å². The van der Waals surface area contributed by atoms with E-state index in [4.69, 9.17) is 5.26 Å². The molecule has 0 aliphatic carbocycles. The molecule has 15 heavy (non-hydrogen) atoms. The lowest BCUT2D eigenvalue weighted by Crippen LogP contribution is -2.13. The smallest absolute Gasteiger partial charge is 0.143 e. The molecule has 2 rings (SSSR count). The molecular formula is C11H10FN3. The van der Waals surface area contributed by atoms with Crippen molar-refractivity contribution in [1.82, 2.24) is 9.97 Å². The number of nitriles is 1. The van der Waals surface area contributed by atoms with Crippen LogP contribution in [-0.4, -0.2) is 9.97 Å². The highest BCUT2D eigenvalue weighted by Crippen LogP contribution is 2.28. The predicted octanol–water partition coefficient (Wildman–Crippen LogP) is 2.50. The molecule has 0 saturated carbocycles. The van der Waals surface area contributed by atoms with E-state index in [-0.39, 0.29) is 5.82 Å². The molecule has 0 fully saturated rings. The van der Waals surface area contributed by atoms with Gasteiger partial charge in [0.15, 0.2) is 0 Å². The van der Waals surface area contributed by atoms with Gasteiger partial charge in [-0.25, -0.2) is 4.39 Å². The van der Waals surface area contributed by atoms with E-state index in [1.165, 1.54) is 6.07 Å². The zero-order valence-electron chi connectivity index (χ0n) is 8.50. The molecule has 0 unspecified atom stereocenters. The van der Waals surface area contributed by atoms with Gasteiger partial charge in [0, 0.05) is 17.8 Å². The maximum absolute atomic E-state index is 12.9. The van der Waals surface area contributed by atoms with Crippen LogP contribution in [0, 0.1) is 17.1 Å². The van der Waals surface area contributed by atoms with Crippen molar-refractivity contribution in [3.8, 4) is 6.07 Å². The molecule has 0 amide bonds. The van der Waals surface area contributed by atoms with Gasteiger partial charge in [0.05, 0.1) is 28.7 Å². The monoisotopic (exact) mass is 203 g/mol. The maximum atomic E-state index is 12.9. The lowest BCUT2D eigenvalue weighted by molar-refractivity contribution is 0.623. The van der Waals surface area contributed by atoms with E-state index in [0.717, 1.165) is 11.8 Å². The molecule has 0 radical (unpaired) electrons. The summed E-state index contributed by atoms with van der Waals surface area (Å²) in [5.41, 5.74) is 1.44. The Hall–Kier alpha value is -1.89. The van der Waals surface area contributed by atoms with Gasteiger partial charge < -0.3 is 4.98 Å². The SMILES string of the molecule is CC(C)(C#N)c1c[nH]c2cc(F)cnc12. The summed E-state index contributed by atoms with van der Waals surface area (Å²) >= 11 is 0. The number of H-pyrrole nitrogens is 1. The van der Waals surface area contributed by atoms with Gasteiger partial charge in [0.2, 0.25) is 0 Å². The van der Waals surface area contributed by atoms with Crippen LogP contribution in [0.25, 0.3) is 11.0 Å². The molecule has 0 aliphatic rings. The first kappa shape index (κ1) is 9.66. The van der Waals surface area contributed by atoms with Crippen molar-refractivity contribution in [3.05, 3.63) is 29.8 Å². The standard InChI is InChI=1S/C11H10FN3/c1-11(2,6-13)8-5-14-9-3-7(12)4-15-10(8)9/h3-5,14H,1-2H3. The number of hydrogen-bond donors (Lipinski definition) is 1. The fraction of sp³-hybridized carbons (Fsp3) is 0.273. The first-order valence-electron chi connectivity index (χ1n) is 4.59. The van der Waals surface area contributed by atoms with Crippen LogP contribution in [0.5, 0.6) is 0 Å². The Bertz CT molecular complexity index is 548. The first-order chi connectivity index (χ1) is 7.04. The molecule has 1 N–H and O–H groups in total. The molecule has 0 atom stereocenters. The topological polar surface area (TPSA) is 52.5 Å². The van der Waals surface area contributed by atoms with Crippen LogP contribution in [0.2, 0.25) is 0 Å². The van der Waals surface area contributed by atoms with Gasteiger partial charge in [-0.2, -0.15) is 5.26 Å². The number of nitrogens with zero attached hydrogens (tertiary/aromatic N) is 2. The van der Waals surface area contributed by atoms with E-state index in [1.54, 1.807) is 20.0 Å². The van der Waals surface area contributed by atoms with Crippen LogP contribution >= 0.6 is 0 Å². The Morgan fingerprint density at radius 3 is 2.93 bits per heavy atom. The number of pyridine rings is 1. The largest absolute Gasteiger partial charge is 0.359 e. The average Bonchev–Trinajstić information content (AvgIpc) is 2.61. The van der Waals surface area contributed by atoms with E-state index in [1.807, 2.05) is 0 Å². The lowest BCUT2D eigenvalue weighted by Gasteiger charge is -2.12. The van der Waals surface area contributed by atoms with Gasteiger partial charge >= 0.3 is 0 Å². The molecule has 76 valence electrons. The van der Waals surface area contributed by atoms with Crippen molar-refractivity contribution >= 4 is 11.0 Å². The van der Waals surface area contributed by atoms with Gasteiger partial charge in [0.1, 0.15) is 5.82 Å². The second kappa shape index (κ2) is 3.06. The first-order valence-corrected chi connectivity index (χ1v) is 4.59. The van der Waals surface area contributed by atoms with Gasteiger partial charge in [-0.05, 0) is 13.8 Å². The lowest BCUT2D eigenvalue weighted by atomic mass is 9.87. The second-order valence-corrected chi connectivity index (χ2v) is 3.99. The third-order valence-corrected chi connectivity index (χ3v) is 2.43. The summed E-state index contributed by atoms with van der Waals surface area (Å²) in [5.74, 6) is -0.384. The second-order valence-electron chi connectivity index (χ2n) is 3.99. The molecule has 2 aromatic rings. The van der Waals surface area contributed by atoms with Crippen molar-refractivity contribution < 1.29 is 4.39 Å². The normalized spacial score (nSPS) is 11.6. The number of halogens is 1. The van der Waals surface area contributed by atoms with Crippen LogP contribution in [0.4, 0.5) is 4.39 Å². The molecule has 0 bridgehead atoms. The highest BCUT2D eigenvalue weighted by molar-refractivity contribution is 5.80. The fourth-order valence-corrected chi connectivity index (χ4v) is 1.52. The van der Waals surface area contributed by atoms with Gasteiger partial charge in [-0.1, -0.05) is 0 Å². The van der Waals surface area contributed by atoms with Crippen LogP contribution in [0.3, 0.4) is 0 Å². The summed E-state index contributed by atoms with van der Waals surface area (Å²) in [7, 11) is 0. The summed E-state index contributed by atoms with van der Waals surface area (Å²) < 4.78 is 12.9. The molecule has 2 heterocycles. The molecule has 0 saturated heterocycles. The number of nitrogens with one attached hydrogen (secondary N) is 1. The quantitative estimate of drug-likeness (QED) is 0.774. The van der Waals surface area contributed by atoms with E-state index < -0.39 is 5.41 Å². The fourth-order valence-electron chi connectivity index (χ4n) is 1.52. The van der Waals surface area contributed by atoms with Crippen LogP contribution in [0.15, 0.2) is 18.5 Å². The summed E-state index contributed by atoms with van der Waals surface area (Å²) in [6.07, 6.45) is 2.87. The van der Waals surface area contributed by atoms with E-state index >= 15 is 0 Å². The molecule has 0 aromatic carbocycles. The Morgan fingerprint density at radius 1 is 1.53 bits per heavy atom. The molecule has 0 aliphatic heterocycles. The number of fused-ring (bicyclic) bond motifs is 1. The van der Waals surface area contributed by atoms with E-state index in [2.05, 4.69) is 16.0 Å². The van der Waals surface area contributed by atoms with Crippen LogP contribution in [-0.2, 0) is 5.41 Å². The predicted molar refractivity (Wildman–Crippen MR) is 54.7 cm³/mol. The summed E-state index contributed by atoms with van der Waals surface area (Å²) in [6.45, 7) is 3.61. The number of rotatable bonds is 1. The van der Waals surface area contributed by atoms with Gasteiger partial charge in [-0.3, -0.25) is 4.98 Å². The molecule has 4 heteroatoms. The molecule has 2 aromatic heterocycles. The zero-order valence-corrected chi connectivity index (χ0v) is 8.50. The number of aromatic amines is 1. The Morgan fingerprint density at radius 2 is 2.27 bits per heavy atom. The minimum absolute atomic E-state index is 0.384. The minimum Gasteiger partial charge on any atom is -0.359 e. The zero-order chi connectivity index (χ0) is 11.1. The molecule has 3 nitrogen and oxygen atoms in total. The third-order valence-electron chi connectivity index (χ3n) is 2.43. The van der Waals surface area contributed by atoms with Crippen LogP contribution in [0.1, 0.15) is 19.4 Å².